The van der Waals surface area contributed by atoms with E-state index in [0.717, 1.165) is 37.8 Å². The molecule has 0 saturated carbocycles. The predicted octanol–water partition coefficient (Wildman–Crippen LogP) is 2.16. The minimum absolute atomic E-state index is 0.0862. The number of sulfonamides is 1. The molecule has 0 bridgehead atoms. The van der Waals surface area contributed by atoms with Crippen molar-refractivity contribution in [3.05, 3.63) is 64.8 Å². The van der Waals surface area contributed by atoms with Gasteiger partial charge in [0, 0.05) is 47.5 Å². The zero-order chi connectivity index (χ0) is 30.0. The summed E-state index contributed by atoms with van der Waals surface area (Å²) in [5.41, 5.74) is 1.20. The van der Waals surface area contributed by atoms with Crippen LogP contribution in [0.4, 0.5) is 5.69 Å². The van der Waals surface area contributed by atoms with Crippen molar-refractivity contribution in [1.29, 1.82) is 0 Å². The number of hydrogen-bond donors (Lipinski definition) is 3. The molecule has 1 atom stereocenters. The van der Waals surface area contributed by atoms with Gasteiger partial charge >= 0.3 is 0 Å². The number of nitrogens with zero attached hydrogens (tertiary/aromatic N) is 3. The van der Waals surface area contributed by atoms with Crippen LogP contribution in [-0.4, -0.2) is 81.3 Å². The smallest absolute Gasteiger partial charge is 0.247 e. The SMILES string of the molecule is O=C(CNS(=O)(=O)/C=C/c1ccc(Cl)cc1)NC(CN(C(=O)C1CCNCC1)c1ccncc1)C(=O)N1CCCCC1. The second-order valence-electron chi connectivity index (χ2n) is 10.4. The van der Waals surface area contributed by atoms with E-state index in [9.17, 15) is 22.8 Å². The highest BCUT2D eigenvalue weighted by Crippen LogP contribution is 2.22. The van der Waals surface area contributed by atoms with E-state index >= 15 is 0 Å². The van der Waals surface area contributed by atoms with Crippen molar-refractivity contribution in [2.24, 2.45) is 5.92 Å². The van der Waals surface area contributed by atoms with Crippen LogP contribution >= 0.6 is 11.6 Å². The molecule has 3 N–H and O–H groups in total. The predicted molar refractivity (Wildman–Crippen MR) is 162 cm³/mol. The number of pyridine rings is 1. The first-order valence-corrected chi connectivity index (χ1v) is 16.1. The number of hydrogen-bond acceptors (Lipinski definition) is 7. The van der Waals surface area contributed by atoms with Crippen molar-refractivity contribution in [3.63, 3.8) is 0 Å². The van der Waals surface area contributed by atoms with E-state index in [1.807, 2.05) is 0 Å². The number of benzene rings is 1. The summed E-state index contributed by atoms with van der Waals surface area (Å²) in [6, 6.07) is 8.94. The van der Waals surface area contributed by atoms with Gasteiger partial charge in [0.2, 0.25) is 27.7 Å². The van der Waals surface area contributed by atoms with Crippen LogP contribution in [0, 0.1) is 5.92 Å². The molecule has 13 heteroatoms. The lowest BCUT2D eigenvalue weighted by atomic mass is 9.96. The average molecular weight is 617 g/mol. The van der Waals surface area contributed by atoms with Gasteiger partial charge in [0.15, 0.2) is 0 Å². The summed E-state index contributed by atoms with van der Waals surface area (Å²) in [4.78, 5) is 47.7. The van der Waals surface area contributed by atoms with Crippen LogP contribution in [0.5, 0.6) is 0 Å². The monoisotopic (exact) mass is 616 g/mol. The van der Waals surface area contributed by atoms with E-state index in [0.29, 0.717) is 42.2 Å². The quantitative estimate of drug-likeness (QED) is 0.351. The molecule has 2 aliphatic heterocycles. The summed E-state index contributed by atoms with van der Waals surface area (Å²) in [7, 11) is -3.95. The fourth-order valence-electron chi connectivity index (χ4n) is 5.04. The number of carbonyl (C=O) groups is 3. The van der Waals surface area contributed by atoms with Crippen LogP contribution in [0.3, 0.4) is 0 Å². The Morgan fingerprint density at radius 1 is 1.05 bits per heavy atom. The molecule has 42 heavy (non-hydrogen) atoms. The summed E-state index contributed by atoms with van der Waals surface area (Å²) in [5.74, 6) is -1.33. The highest BCUT2D eigenvalue weighted by molar-refractivity contribution is 7.92. The zero-order valence-corrected chi connectivity index (χ0v) is 24.9. The summed E-state index contributed by atoms with van der Waals surface area (Å²) in [6.07, 6.45) is 8.60. The number of anilines is 1. The number of amides is 3. The van der Waals surface area contributed by atoms with Crippen molar-refractivity contribution < 1.29 is 22.8 Å². The Labute approximate surface area is 251 Å². The Morgan fingerprint density at radius 2 is 1.71 bits per heavy atom. The van der Waals surface area contributed by atoms with Gasteiger partial charge in [-0.1, -0.05) is 23.7 Å². The van der Waals surface area contributed by atoms with E-state index in [1.165, 1.54) is 6.08 Å². The molecular weight excluding hydrogens is 580 g/mol. The Hall–Kier alpha value is -3.32. The van der Waals surface area contributed by atoms with Crippen molar-refractivity contribution in [1.82, 2.24) is 25.2 Å². The summed E-state index contributed by atoms with van der Waals surface area (Å²) >= 11 is 5.87. The van der Waals surface area contributed by atoms with Gasteiger partial charge in [-0.3, -0.25) is 19.4 Å². The van der Waals surface area contributed by atoms with Crippen LogP contribution in [-0.2, 0) is 24.4 Å². The molecule has 2 fully saturated rings. The number of nitrogens with one attached hydrogen (secondary N) is 3. The Bertz CT molecular complexity index is 1340. The minimum Gasteiger partial charge on any atom is -0.342 e. The number of likely N-dealkylation sites (tertiary alicyclic amines) is 1. The van der Waals surface area contributed by atoms with Crippen molar-refractivity contribution in [3.8, 4) is 0 Å². The van der Waals surface area contributed by atoms with Gasteiger partial charge in [0.05, 0.1) is 13.1 Å². The lowest BCUT2D eigenvalue weighted by Crippen LogP contribution is -2.57. The fourth-order valence-corrected chi connectivity index (χ4v) is 5.93. The molecule has 3 heterocycles. The van der Waals surface area contributed by atoms with Gasteiger partial charge < -0.3 is 20.4 Å². The second-order valence-corrected chi connectivity index (χ2v) is 12.5. The number of aromatic nitrogens is 1. The van der Waals surface area contributed by atoms with Crippen molar-refractivity contribution >= 4 is 51.1 Å². The first-order chi connectivity index (χ1) is 20.2. The molecule has 2 aliphatic rings. The molecule has 226 valence electrons. The van der Waals surface area contributed by atoms with E-state index in [2.05, 4.69) is 20.3 Å². The third-order valence-electron chi connectivity index (χ3n) is 7.34. The standard InChI is InChI=1S/C29H37ClN6O5S/c30-24-6-4-22(5-7-24)12-19-42(40,41)33-20-27(37)34-26(29(39)35-17-2-1-3-18-35)21-36(25-10-15-32-16-11-25)28(38)23-8-13-31-14-9-23/h4-7,10-12,15-16,19,23,26,31,33H,1-3,8-9,13-14,17-18,20-21H2,(H,34,37)/b19-12+. The van der Waals surface area contributed by atoms with Crippen LogP contribution in [0.2, 0.25) is 5.02 Å². The van der Waals surface area contributed by atoms with E-state index in [1.54, 1.807) is 58.6 Å². The van der Waals surface area contributed by atoms with Gasteiger partial charge in [-0.05, 0) is 81.1 Å². The number of piperidine rings is 2. The molecule has 3 amide bonds. The Kier molecular flexibility index (Phi) is 11.5. The lowest BCUT2D eigenvalue weighted by Gasteiger charge is -2.35. The summed E-state index contributed by atoms with van der Waals surface area (Å²) in [5, 5.41) is 7.45. The molecule has 0 aliphatic carbocycles. The third-order valence-corrected chi connectivity index (χ3v) is 8.63. The summed E-state index contributed by atoms with van der Waals surface area (Å²) < 4.78 is 27.3. The van der Waals surface area contributed by atoms with E-state index < -0.39 is 28.5 Å². The molecule has 0 radical (unpaired) electrons. The molecule has 1 aromatic carbocycles. The highest BCUT2D eigenvalue weighted by atomic mass is 35.5. The normalized spacial score (nSPS) is 17.1. The molecule has 0 spiro atoms. The molecule has 2 saturated heterocycles. The van der Waals surface area contributed by atoms with Crippen molar-refractivity contribution in [2.75, 3.05) is 44.2 Å². The van der Waals surface area contributed by atoms with Crippen LogP contribution in [0.15, 0.2) is 54.2 Å². The van der Waals surface area contributed by atoms with Gasteiger partial charge in [-0.2, -0.15) is 0 Å². The maximum atomic E-state index is 13.7. The molecule has 2 aromatic rings. The zero-order valence-electron chi connectivity index (χ0n) is 23.4. The molecule has 1 unspecified atom stereocenters. The molecule has 4 rings (SSSR count). The van der Waals surface area contributed by atoms with Crippen LogP contribution in [0.1, 0.15) is 37.7 Å². The molecular formula is C29H37ClN6O5S. The topological polar surface area (TPSA) is 141 Å². The van der Waals surface area contributed by atoms with Gasteiger partial charge in [0.25, 0.3) is 0 Å². The van der Waals surface area contributed by atoms with Gasteiger partial charge in [-0.15, -0.1) is 0 Å². The maximum absolute atomic E-state index is 13.7. The Balaban J connectivity index is 1.48. The Morgan fingerprint density at radius 3 is 2.38 bits per heavy atom. The van der Waals surface area contributed by atoms with Crippen molar-refractivity contribution in [2.45, 2.75) is 38.1 Å². The average Bonchev–Trinajstić information content (AvgIpc) is 3.02. The molecule has 11 nitrogen and oxygen atoms in total. The second kappa shape index (κ2) is 15.2. The van der Waals surface area contributed by atoms with Crippen LogP contribution < -0.4 is 20.3 Å². The van der Waals surface area contributed by atoms with E-state index in [-0.39, 0.29) is 24.3 Å². The largest absolute Gasteiger partial charge is 0.342 e. The maximum Gasteiger partial charge on any atom is 0.247 e. The highest BCUT2D eigenvalue weighted by Gasteiger charge is 2.34. The summed E-state index contributed by atoms with van der Waals surface area (Å²) in [6.45, 7) is 1.90. The first-order valence-electron chi connectivity index (χ1n) is 14.2. The van der Waals surface area contributed by atoms with Gasteiger partial charge in [0.1, 0.15) is 6.04 Å². The molecule has 1 aromatic heterocycles. The van der Waals surface area contributed by atoms with E-state index in [4.69, 9.17) is 11.6 Å². The number of halogens is 1. The van der Waals surface area contributed by atoms with Crippen LogP contribution in [0.25, 0.3) is 6.08 Å². The lowest BCUT2D eigenvalue weighted by molar-refractivity contribution is -0.137. The third kappa shape index (κ3) is 9.35. The number of rotatable bonds is 11. The fraction of sp³-hybridized carbons (Fsp3) is 0.448. The van der Waals surface area contributed by atoms with Gasteiger partial charge in [-0.25, -0.2) is 13.1 Å². The number of carbonyl (C=O) groups excluding carboxylic acids is 3. The first kappa shape index (κ1) is 31.6. The minimum atomic E-state index is -3.95.